The molecule has 0 atom stereocenters. The lowest BCUT2D eigenvalue weighted by Crippen LogP contribution is -2.14. The van der Waals surface area contributed by atoms with Crippen LogP contribution in [0.5, 0.6) is 0 Å². The van der Waals surface area contributed by atoms with Crippen LogP contribution in [0.3, 0.4) is 0 Å². The first-order valence-corrected chi connectivity index (χ1v) is 11.1. The van der Waals surface area contributed by atoms with Crippen molar-refractivity contribution >= 4 is 21.6 Å². The Morgan fingerprint density at radius 3 is 2.23 bits per heavy atom. The maximum Gasteiger partial charge on any atom is 0.238 e. The number of halogens is 1. The fraction of sp³-hybridized carbons (Fsp3) is 0.286. The highest BCUT2D eigenvalue weighted by Gasteiger charge is 2.23. The van der Waals surface area contributed by atoms with E-state index >= 15 is 0 Å². The zero-order valence-electron chi connectivity index (χ0n) is 16.8. The van der Waals surface area contributed by atoms with Crippen molar-refractivity contribution in [3.8, 4) is 6.07 Å². The van der Waals surface area contributed by atoms with E-state index in [1.54, 1.807) is 24.3 Å². The molecule has 0 bridgehead atoms. The number of aromatic nitrogens is 2. The van der Waals surface area contributed by atoms with Crippen molar-refractivity contribution < 1.29 is 12.9 Å². The number of hydrogen-bond donors (Lipinski definition) is 1. The van der Waals surface area contributed by atoms with Gasteiger partial charge in [-0.1, -0.05) is 49.7 Å². The number of benzene rings is 2. The van der Waals surface area contributed by atoms with Crippen molar-refractivity contribution in [2.75, 3.05) is 0 Å². The summed E-state index contributed by atoms with van der Waals surface area (Å²) in [5.41, 5.74) is 2.24. The van der Waals surface area contributed by atoms with E-state index in [-0.39, 0.29) is 16.7 Å². The third-order valence-electron chi connectivity index (χ3n) is 4.46. The summed E-state index contributed by atoms with van der Waals surface area (Å²) in [5.74, 6) is 0.881. The molecule has 0 saturated carbocycles. The first kappa shape index (κ1) is 22.0. The molecule has 0 spiro atoms. The molecule has 3 rings (SSSR count). The molecule has 156 valence electrons. The van der Waals surface area contributed by atoms with Gasteiger partial charge < -0.3 is 4.52 Å². The molecule has 1 aromatic heterocycles. The van der Waals surface area contributed by atoms with Crippen molar-refractivity contribution in [2.24, 2.45) is 5.14 Å². The van der Waals surface area contributed by atoms with E-state index in [1.165, 1.54) is 12.1 Å². The van der Waals surface area contributed by atoms with Gasteiger partial charge in [-0.05, 0) is 47.4 Å². The van der Waals surface area contributed by atoms with Crippen LogP contribution in [0.15, 0.2) is 45.8 Å². The van der Waals surface area contributed by atoms with E-state index in [0.29, 0.717) is 39.8 Å². The van der Waals surface area contributed by atoms with Crippen molar-refractivity contribution in [2.45, 2.75) is 43.9 Å². The second kappa shape index (κ2) is 8.19. The first-order chi connectivity index (χ1) is 14.0. The monoisotopic (exact) mass is 444 g/mol. The lowest BCUT2D eigenvalue weighted by Gasteiger charge is -2.12. The number of primary sulfonamides is 1. The molecule has 0 saturated heterocycles. The Labute approximate surface area is 180 Å². The number of nitriles is 1. The van der Waals surface area contributed by atoms with Gasteiger partial charge in [0.05, 0.1) is 16.5 Å². The van der Waals surface area contributed by atoms with Gasteiger partial charge in [0.1, 0.15) is 0 Å². The molecule has 1 heterocycles. The maximum absolute atomic E-state index is 12.0. The minimum atomic E-state index is -3.94. The van der Waals surface area contributed by atoms with Gasteiger partial charge in [-0.2, -0.15) is 10.2 Å². The Morgan fingerprint density at radius 2 is 1.73 bits per heavy atom. The third kappa shape index (κ3) is 5.05. The molecule has 7 nitrogen and oxygen atoms in total. The summed E-state index contributed by atoms with van der Waals surface area (Å²) >= 11 is 6.61. The van der Waals surface area contributed by atoms with Gasteiger partial charge in [-0.15, -0.1) is 0 Å². The van der Waals surface area contributed by atoms with Crippen molar-refractivity contribution in [1.29, 1.82) is 5.26 Å². The van der Waals surface area contributed by atoms with Gasteiger partial charge in [-0.25, -0.2) is 13.6 Å². The van der Waals surface area contributed by atoms with Gasteiger partial charge in [0, 0.05) is 16.9 Å². The molecule has 2 aromatic carbocycles. The van der Waals surface area contributed by atoms with Gasteiger partial charge in [0.2, 0.25) is 15.9 Å². The smallest absolute Gasteiger partial charge is 0.238 e. The van der Waals surface area contributed by atoms with Crippen LogP contribution in [-0.4, -0.2) is 18.6 Å². The summed E-state index contributed by atoms with van der Waals surface area (Å²) in [5, 5.41) is 18.7. The van der Waals surface area contributed by atoms with Crippen molar-refractivity contribution in [3.05, 3.63) is 75.4 Å². The predicted octanol–water partition coefficient (Wildman–Crippen LogP) is 3.72. The summed E-state index contributed by atoms with van der Waals surface area (Å²) in [6, 6.07) is 12.0. The molecule has 0 aliphatic heterocycles. The number of nitrogens with two attached hydrogens (primary N) is 1. The Morgan fingerprint density at radius 1 is 1.13 bits per heavy atom. The summed E-state index contributed by atoms with van der Waals surface area (Å²) in [4.78, 5) is 4.36. The van der Waals surface area contributed by atoms with E-state index in [1.807, 2.05) is 20.8 Å². The maximum atomic E-state index is 12.0. The van der Waals surface area contributed by atoms with Crippen molar-refractivity contribution in [1.82, 2.24) is 10.1 Å². The van der Waals surface area contributed by atoms with Crippen LogP contribution in [0.1, 0.15) is 54.7 Å². The van der Waals surface area contributed by atoms with E-state index in [4.69, 9.17) is 26.5 Å². The zero-order valence-corrected chi connectivity index (χ0v) is 18.4. The highest BCUT2D eigenvalue weighted by molar-refractivity contribution is 7.89. The largest absolute Gasteiger partial charge is 0.339 e. The van der Waals surface area contributed by atoms with Crippen LogP contribution in [-0.2, 0) is 28.3 Å². The fourth-order valence-electron chi connectivity index (χ4n) is 2.86. The SMILES string of the molecule is CC(C)(C)c1nc(Cc2cc(S(N)(=O)=O)cc(Cc3ccc(C#N)cc3)c2Cl)no1. The normalized spacial score (nSPS) is 12.0. The summed E-state index contributed by atoms with van der Waals surface area (Å²) in [7, 11) is -3.94. The number of nitrogens with zero attached hydrogens (tertiary/aromatic N) is 3. The standard InChI is InChI=1S/C21H21ClN4O3S/c1-21(2,3)20-25-18(26-29-20)11-16-10-17(30(24,27)28)9-15(19(16)22)8-13-4-6-14(12-23)7-5-13/h4-7,9-10H,8,11H2,1-3H3,(H2,24,27,28). The molecule has 0 unspecified atom stereocenters. The van der Waals surface area contributed by atoms with E-state index in [9.17, 15) is 8.42 Å². The van der Waals surface area contributed by atoms with E-state index < -0.39 is 10.0 Å². The lowest BCUT2D eigenvalue weighted by atomic mass is 9.97. The molecular formula is C21H21ClN4O3S. The fourth-order valence-corrected chi connectivity index (χ4v) is 3.71. The average Bonchev–Trinajstić information content (AvgIpc) is 3.13. The average molecular weight is 445 g/mol. The molecule has 2 N–H and O–H groups in total. The minimum Gasteiger partial charge on any atom is -0.339 e. The highest BCUT2D eigenvalue weighted by atomic mass is 35.5. The highest BCUT2D eigenvalue weighted by Crippen LogP contribution is 2.29. The van der Waals surface area contributed by atoms with Gasteiger partial charge >= 0.3 is 0 Å². The molecular weight excluding hydrogens is 424 g/mol. The summed E-state index contributed by atoms with van der Waals surface area (Å²) in [6.07, 6.45) is 0.572. The van der Waals surface area contributed by atoms with Crippen LogP contribution in [0, 0.1) is 11.3 Å². The summed E-state index contributed by atoms with van der Waals surface area (Å²) < 4.78 is 29.4. The van der Waals surface area contributed by atoms with Crippen molar-refractivity contribution in [3.63, 3.8) is 0 Å². The molecule has 3 aromatic rings. The van der Waals surface area contributed by atoms with Gasteiger partial charge in [0.25, 0.3) is 0 Å². The number of sulfonamides is 1. The molecule has 0 aliphatic carbocycles. The molecule has 0 radical (unpaired) electrons. The van der Waals surface area contributed by atoms with Gasteiger partial charge in [-0.3, -0.25) is 0 Å². The molecule has 0 fully saturated rings. The first-order valence-electron chi connectivity index (χ1n) is 9.13. The predicted molar refractivity (Wildman–Crippen MR) is 113 cm³/mol. The molecule has 30 heavy (non-hydrogen) atoms. The number of rotatable bonds is 5. The lowest BCUT2D eigenvalue weighted by molar-refractivity contribution is 0.318. The minimum absolute atomic E-state index is 0.0370. The second-order valence-corrected chi connectivity index (χ2v) is 9.97. The second-order valence-electron chi connectivity index (χ2n) is 8.03. The molecule has 0 aliphatic rings. The Bertz CT molecular complexity index is 1220. The Balaban J connectivity index is 2.01. The third-order valence-corrected chi connectivity index (χ3v) is 5.84. The van der Waals surface area contributed by atoms with Crippen LogP contribution >= 0.6 is 11.6 Å². The molecule has 0 amide bonds. The van der Waals surface area contributed by atoms with E-state index in [2.05, 4.69) is 16.2 Å². The van der Waals surface area contributed by atoms with Crippen LogP contribution in [0.2, 0.25) is 5.02 Å². The zero-order chi connectivity index (χ0) is 22.1. The Hall–Kier alpha value is -2.73. The molecule has 9 heteroatoms. The quantitative estimate of drug-likeness (QED) is 0.639. The van der Waals surface area contributed by atoms with E-state index in [0.717, 1.165) is 5.56 Å². The van der Waals surface area contributed by atoms with Crippen LogP contribution < -0.4 is 5.14 Å². The van der Waals surface area contributed by atoms with Crippen LogP contribution in [0.4, 0.5) is 0 Å². The number of hydrogen-bond acceptors (Lipinski definition) is 6. The van der Waals surface area contributed by atoms with Gasteiger partial charge in [0.15, 0.2) is 5.82 Å². The topological polar surface area (TPSA) is 123 Å². The Kier molecular flexibility index (Phi) is 5.99. The van der Waals surface area contributed by atoms with Crippen LogP contribution in [0.25, 0.3) is 0 Å². The summed E-state index contributed by atoms with van der Waals surface area (Å²) in [6.45, 7) is 5.86.